The highest BCUT2D eigenvalue weighted by molar-refractivity contribution is 5.58. The third-order valence-electron chi connectivity index (χ3n) is 6.84. The third-order valence-corrected chi connectivity index (χ3v) is 6.84. The Kier molecular flexibility index (Phi) is 12.0. The Bertz CT molecular complexity index is 993. The quantitative estimate of drug-likeness (QED) is 0.209. The van der Waals surface area contributed by atoms with Crippen molar-refractivity contribution in [3.05, 3.63) is 76.9 Å². The Morgan fingerprint density at radius 1 is 1.17 bits per heavy atom. The lowest BCUT2D eigenvalue weighted by atomic mass is 10.00. The zero-order chi connectivity index (χ0) is 25.6. The van der Waals surface area contributed by atoms with E-state index in [1.807, 2.05) is 25.2 Å². The van der Waals surface area contributed by atoms with E-state index in [4.69, 9.17) is 4.74 Å². The first-order chi connectivity index (χ1) is 17.6. The van der Waals surface area contributed by atoms with Gasteiger partial charge >= 0.3 is 0 Å². The molecule has 0 radical (unpaired) electrons. The highest BCUT2D eigenvalue weighted by Gasteiger charge is 2.13. The van der Waals surface area contributed by atoms with Gasteiger partial charge in [0.25, 0.3) is 0 Å². The van der Waals surface area contributed by atoms with Crippen molar-refractivity contribution < 1.29 is 4.74 Å². The second-order valence-electron chi connectivity index (χ2n) is 9.68. The molecule has 194 valence electrons. The molecule has 1 aliphatic heterocycles. The van der Waals surface area contributed by atoms with Gasteiger partial charge in [0.2, 0.25) is 0 Å². The minimum absolute atomic E-state index is 0.558. The predicted octanol–water partition coefficient (Wildman–Crippen LogP) is 4.24. The van der Waals surface area contributed by atoms with E-state index in [-0.39, 0.29) is 0 Å². The van der Waals surface area contributed by atoms with Crippen LogP contribution in [0.25, 0.3) is 0 Å². The molecular weight excluding hydrogens is 446 g/mol. The maximum Gasteiger partial charge on any atom is 0.0992 e. The number of likely N-dealkylation sites (tertiary alicyclic amines) is 1. The molecule has 2 aromatic rings. The molecule has 2 N–H and O–H groups in total. The van der Waals surface area contributed by atoms with Crippen LogP contribution < -0.4 is 15.5 Å². The van der Waals surface area contributed by atoms with Crippen LogP contribution in [-0.4, -0.2) is 64.6 Å². The number of nitrogens with zero attached hydrogens (tertiary/aromatic N) is 3. The van der Waals surface area contributed by atoms with Crippen LogP contribution in [0.15, 0.2) is 54.6 Å². The Morgan fingerprint density at radius 3 is 2.69 bits per heavy atom. The first kappa shape index (κ1) is 27.9. The number of aryl methyl sites for hydroxylation is 2. The number of nitrogens with one attached hydrogen (secondary N) is 2. The molecule has 6 nitrogen and oxygen atoms in total. The summed E-state index contributed by atoms with van der Waals surface area (Å²) in [5.74, 6) is 0. The largest absolute Gasteiger partial charge is 0.365 e. The molecule has 1 fully saturated rings. The third kappa shape index (κ3) is 9.07. The van der Waals surface area contributed by atoms with Gasteiger partial charge in [-0.05, 0) is 81.6 Å². The maximum absolute atomic E-state index is 9.44. The molecule has 36 heavy (non-hydrogen) atoms. The van der Waals surface area contributed by atoms with Crippen LogP contribution >= 0.6 is 0 Å². The minimum atomic E-state index is 0.558. The summed E-state index contributed by atoms with van der Waals surface area (Å²) in [7, 11) is 1.98. The van der Waals surface area contributed by atoms with Crippen LogP contribution in [-0.2, 0) is 17.7 Å². The van der Waals surface area contributed by atoms with Gasteiger partial charge in [0.05, 0.1) is 25.0 Å². The molecule has 0 spiro atoms. The maximum atomic E-state index is 9.44. The number of nitriles is 1. The van der Waals surface area contributed by atoms with Crippen molar-refractivity contribution in [1.82, 2.24) is 15.5 Å². The summed E-state index contributed by atoms with van der Waals surface area (Å²) < 4.78 is 5.93. The predicted molar refractivity (Wildman–Crippen MR) is 149 cm³/mol. The van der Waals surface area contributed by atoms with Crippen molar-refractivity contribution in [1.29, 1.82) is 5.26 Å². The molecule has 1 aliphatic rings. The van der Waals surface area contributed by atoms with Crippen LogP contribution in [0.5, 0.6) is 0 Å². The standard InChI is InChI=1S/C30H43N5O/c1-25(10-13-28-8-4-5-9-29(28)22-32-3)23-35(30-20-27(21-31)12-11-26(30)2)18-19-36-24-33-14-17-34-15-6-7-16-34/h4-5,8-9,11-12,20,32-33H,1,6-7,10,13-19,22-24H2,2-3H3. The van der Waals surface area contributed by atoms with Crippen molar-refractivity contribution in [3.8, 4) is 6.07 Å². The topological polar surface area (TPSA) is 63.6 Å². The molecule has 3 rings (SSSR count). The summed E-state index contributed by atoms with van der Waals surface area (Å²) >= 11 is 0. The first-order valence-corrected chi connectivity index (χ1v) is 13.2. The van der Waals surface area contributed by atoms with Crippen molar-refractivity contribution in [2.45, 2.75) is 39.2 Å². The van der Waals surface area contributed by atoms with Crippen LogP contribution in [0.3, 0.4) is 0 Å². The minimum Gasteiger partial charge on any atom is -0.365 e. The monoisotopic (exact) mass is 489 g/mol. The summed E-state index contributed by atoms with van der Waals surface area (Å²) in [6.07, 6.45) is 4.55. The number of benzene rings is 2. The highest BCUT2D eigenvalue weighted by Crippen LogP contribution is 2.23. The lowest BCUT2D eigenvalue weighted by Crippen LogP contribution is -2.33. The molecule has 0 atom stereocenters. The zero-order valence-electron chi connectivity index (χ0n) is 22.2. The number of ether oxygens (including phenoxy) is 1. The van der Waals surface area contributed by atoms with Crippen molar-refractivity contribution in [3.63, 3.8) is 0 Å². The van der Waals surface area contributed by atoms with E-state index in [0.29, 0.717) is 18.9 Å². The van der Waals surface area contributed by atoms with E-state index >= 15 is 0 Å². The van der Waals surface area contributed by atoms with Gasteiger partial charge in [0.15, 0.2) is 0 Å². The number of anilines is 1. The van der Waals surface area contributed by atoms with E-state index in [1.165, 1.54) is 42.6 Å². The van der Waals surface area contributed by atoms with Gasteiger partial charge < -0.3 is 19.9 Å². The van der Waals surface area contributed by atoms with Crippen LogP contribution in [0.2, 0.25) is 0 Å². The summed E-state index contributed by atoms with van der Waals surface area (Å²) in [6, 6.07) is 16.8. The van der Waals surface area contributed by atoms with Gasteiger partial charge in [-0.15, -0.1) is 0 Å². The molecule has 1 heterocycles. The van der Waals surface area contributed by atoms with Crippen molar-refractivity contribution in [2.24, 2.45) is 0 Å². The molecule has 0 unspecified atom stereocenters. The first-order valence-electron chi connectivity index (χ1n) is 13.2. The van der Waals surface area contributed by atoms with Crippen molar-refractivity contribution in [2.75, 3.05) is 64.6 Å². The lowest BCUT2D eigenvalue weighted by molar-refractivity contribution is 0.120. The highest BCUT2D eigenvalue weighted by atomic mass is 16.5. The fourth-order valence-corrected chi connectivity index (χ4v) is 4.76. The zero-order valence-corrected chi connectivity index (χ0v) is 22.2. The molecule has 0 amide bonds. The van der Waals surface area contributed by atoms with Crippen LogP contribution in [0.1, 0.15) is 41.5 Å². The summed E-state index contributed by atoms with van der Waals surface area (Å²) in [5, 5.41) is 16.1. The Hall–Kier alpha value is -2.69. The molecule has 0 saturated carbocycles. The SMILES string of the molecule is C=C(CCc1ccccc1CNC)CN(CCOCNCCN1CCCC1)c1cc(C#N)ccc1C. The molecule has 0 aliphatic carbocycles. The molecule has 1 saturated heterocycles. The summed E-state index contributed by atoms with van der Waals surface area (Å²) in [4.78, 5) is 4.81. The number of hydrogen-bond acceptors (Lipinski definition) is 6. The average Bonchev–Trinajstić information content (AvgIpc) is 3.41. The van der Waals surface area contributed by atoms with E-state index in [1.54, 1.807) is 0 Å². The fraction of sp³-hybridized carbons (Fsp3) is 0.500. The van der Waals surface area contributed by atoms with Crippen molar-refractivity contribution >= 4 is 5.69 Å². The summed E-state index contributed by atoms with van der Waals surface area (Å²) in [6.45, 7) is 14.5. The molecule has 6 heteroatoms. The second-order valence-corrected chi connectivity index (χ2v) is 9.68. The van der Waals surface area contributed by atoms with Gasteiger partial charge in [-0.25, -0.2) is 0 Å². The number of hydrogen-bond donors (Lipinski definition) is 2. The second kappa shape index (κ2) is 15.4. The van der Waals surface area contributed by atoms with Gasteiger partial charge in [-0.1, -0.05) is 42.5 Å². The Morgan fingerprint density at radius 2 is 1.94 bits per heavy atom. The average molecular weight is 490 g/mol. The fourth-order valence-electron chi connectivity index (χ4n) is 4.76. The van der Waals surface area contributed by atoms with Gasteiger partial charge in [0.1, 0.15) is 0 Å². The molecule has 0 bridgehead atoms. The van der Waals surface area contributed by atoms with Gasteiger partial charge in [-0.2, -0.15) is 5.26 Å². The van der Waals surface area contributed by atoms with E-state index in [9.17, 15) is 5.26 Å². The van der Waals surface area contributed by atoms with E-state index in [2.05, 4.69) is 64.3 Å². The smallest absolute Gasteiger partial charge is 0.0992 e. The van der Waals surface area contributed by atoms with E-state index in [0.717, 1.165) is 56.8 Å². The number of rotatable bonds is 16. The lowest BCUT2D eigenvalue weighted by Gasteiger charge is -2.28. The van der Waals surface area contributed by atoms with Crippen LogP contribution in [0, 0.1) is 18.3 Å². The normalized spacial score (nSPS) is 13.6. The summed E-state index contributed by atoms with van der Waals surface area (Å²) in [5.41, 5.74) is 6.80. The Balaban J connectivity index is 1.53. The van der Waals surface area contributed by atoms with Crippen LogP contribution in [0.4, 0.5) is 5.69 Å². The molecule has 0 aromatic heterocycles. The van der Waals surface area contributed by atoms with Gasteiger partial charge in [-0.3, -0.25) is 5.32 Å². The molecular formula is C30H43N5O. The molecule has 2 aromatic carbocycles. The van der Waals surface area contributed by atoms with E-state index < -0.39 is 0 Å². The Labute approximate surface area is 217 Å². The van der Waals surface area contributed by atoms with Gasteiger partial charge in [0, 0.05) is 38.4 Å².